The van der Waals surface area contributed by atoms with Crippen LogP contribution in [0.2, 0.25) is 0 Å². The number of halogens is 3. The highest BCUT2D eigenvalue weighted by molar-refractivity contribution is 7.89. The Morgan fingerprint density at radius 2 is 1.81 bits per heavy atom. The summed E-state index contributed by atoms with van der Waals surface area (Å²) in [5.74, 6) is -0.115. The molecule has 1 aliphatic heterocycles. The number of aryl methyl sites for hydroxylation is 1. The van der Waals surface area contributed by atoms with Gasteiger partial charge in [-0.15, -0.1) is 0 Å². The summed E-state index contributed by atoms with van der Waals surface area (Å²) in [5.41, 5.74) is 0.236. The number of alkyl halides is 3. The fourth-order valence-corrected chi connectivity index (χ4v) is 4.76. The zero-order valence-corrected chi connectivity index (χ0v) is 18.4. The molecule has 0 aliphatic carbocycles. The van der Waals surface area contributed by atoms with Crippen LogP contribution in [0.15, 0.2) is 29.3 Å². The van der Waals surface area contributed by atoms with Gasteiger partial charge in [0.2, 0.25) is 16.0 Å². The molecule has 7 nitrogen and oxygen atoms in total. The Morgan fingerprint density at radius 3 is 2.39 bits per heavy atom. The van der Waals surface area contributed by atoms with E-state index in [2.05, 4.69) is 20.0 Å². The smallest absolute Gasteiger partial charge is 0.356 e. The third kappa shape index (κ3) is 5.65. The van der Waals surface area contributed by atoms with Crippen molar-refractivity contribution in [3.8, 4) is 0 Å². The predicted molar refractivity (Wildman–Crippen MR) is 113 cm³/mol. The van der Waals surface area contributed by atoms with Gasteiger partial charge in [-0.05, 0) is 63.8 Å². The van der Waals surface area contributed by atoms with E-state index >= 15 is 0 Å². The van der Waals surface area contributed by atoms with E-state index in [1.54, 1.807) is 31.7 Å². The Kier molecular flexibility index (Phi) is 6.75. The lowest BCUT2D eigenvalue weighted by Crippen LogP contribution is -2.32. The molecule has 0 bridgehead atoms. The van der Waals surface area contributed by atoms with Crippen LogP contribution in [0.3, 0.4) is 0 Å². The second-order valence-electron chi connectivity index (χ2n) is 7.85. The molecule has 11 heteroatoms. The zero-order chi connectivity index (χ0) is 22.8. The maximum atomic E-state index is 13.5. The maximum Gasteiger partial charge on any atom is 0.421 e. The number of hydrogen-bond acceptors (Lipinski definition) is 6. The predicted octanol–water partition coefficient (Wildman–Crippen LogP) is 4.22. The van der Waals surface area contributed by atoms with Gasteiger partial charge >= 0.3 is 6.18 Å². The molecule has 1 fully saturated rings. The Morgan fingerprint density at radius 1 is 1.13 bits per heavy atom. The highest BCUT2D eigenvalue weighted by Gasteiger charge is 2.37. The number of aromatic nitrogens is 2. The quantitative estimate of drug-likeness (QED) is 0.675. The van der Waals surface area contributed by atoms with Gasteiger partial charge in [-0.3, -0.25) is 0 Å². The summed E-state index contributed by atoms with van der Waals surface area (Å²) in [5, 5.41) is 2.92. The first-order valence-electron chi connectivity index (χ1n) is 10.1. The summed E-state index contributed by atoms with van der Waals surface area (Å²) in [7, 11) is -3.66. The van der Waals surface area contributed by atoms with E-state index < -0.39 is 21.8 Å². The molecule has 0 amide bonds. The minimum Gasteiger partial charge on any atom is -0.356 e. The number of hydrogen-bond donors (Lipinski definition) is 2. The summed E-state index contributed by atoms with van der Waals surface area (Å²) in [6.07, 6.45) is -1.16. The Bertz CT molecular complexity index is 1040. The molecule has 0 atom stereocenters. The van der Waals surface area contributed by atoms with E-state index in [4.69, 9.17) is 0 Å². The fourth-order valence-electron chi connectivity index (χ4n) is 3.42. The molecule has 0 unspecified atom stereocenters. The van der Waals surface area contributed by atoms with Crippen molar-refractivity contribution in [2.75, 3.05) is 23.3 Å². The number of anilines is 3. The minimum absolute atomic E-state index is 0.0209. The monoisotopic (exact) mass is 457 g/mol. The number of nitrogens with one attached hydrogen (secondary N) is 2. The molecule has 1 aromatic heterocycles. The standard InChI is InChI=1S/C20H26F3N5O2S/c1-13(2)27-31(29,30)15-7-8-17(14(3)11-15)25-19-24-12-16(20(21,22)23)18(26-19)28-9-5-4-6-10-28/h7-8,11-13,27H,4-6,9-10H2,1-3H3,(H,24,25,26). The van der Waals surface area contributed by atoms with E-state index in [1.165, 1.54) is 12.1 Å². The van der Waals surface area contributed by atoms with E-state index in [1.807, 2.05) is 0 Å². The van der Waals surface area contributed by atoms with Crippen molar-refractivity contribution >= 4 is 27.5 Å². The summed E-state index contributed by atoms with van der Waals surface area (Å²) >= 11 is 0. The maximum absolute atomic E-state index is 13.5. The lowest BCUT2D eigenvalue weighted by molar-refractivity contribution is -0.137. The average molecular weight is 458 g/mol. The zero-order valence-electron chi connectivity index (χ0n) is 17.6. The van der Waals surface area contributed by atoms with Crippen LogP contribution < -0.4 is 14.9 Å². The van der Waals surface area contributed by atoms with Crippen molar-refractivity contribution in [3.05, 3.63) is 35.5 Å². The first kappa shape index (κ1) is 23.3. The van der Waals surface area contributed by atoms with E-state index in [0.717, 1.165) is 25.5 Å². The van der Waals surface area contributed by atoms with Gasteiger partial charge in [-0.2, -0.15) is 18.2 Å². The van der Waals surface area contributed by atoms with E-state index in [-0.39, 0.29) is 22.7 Å². The number of nitrogens with zero attached hydrogens (tertiary/aromatic N) is 3. The van der Waals surface area contributed by atoms with Crippen LogP contribution in [0.1, 0.15) is 44.2 Å². The second-order valence-corrected chi connectivity index (χ2v) is 9.57. The topological polar surface area (TPSA) is 87.2 Å². The van der Waals surface area contributed by atoms with Gasteiger partial charge in [-0.1, -0.05) is 0 Å². The van der Waals surface area contributed by atoms with Crippen LogP contribution in [-0.2, 0) is 16.2 Å². The van der Waals surface area contributed by atoms with E-state index in [0.29, 0.717) is 24.3 Å². The van der Waals surface area contributed by atoms with Crippen LogP contribution in [0, 0.1) is 6.92 Å². The highest BCUT2D eigenvalue weighted by atomic mass is 32.2. The van der Waals surface area contributed by atoms with Gasteiger partial charge in [-0.25, -0.2) is 18.1 Å². The molecule has 31 heavy (non-hydrogen) atoms. The van der Waals surface area contributed by atoms with Gasteiger partial charge < -0.3 is 10.2 Å². The van der Waals surface area contributed by atoms with Crippen molar-refractivity contribution in [1.29, 1.82) is 0 Å². The van der Waals surface area contributed by atoms with Crippen LogP contribution >= 0.6 is 0 Å². The first-order valence-corrected chi connectivity index (χ1v) is 11.5. The van der Waals surface area contributed by atoms with Gasteiger partial charge in [0.15, 0.2) is 0 Å². The van der Waals surface area contributed by atoms with Gasteiger partial charge in [0.05, 0.1) is 4.90 Å². The molecule has 1 aliphatic rings. The number of piperidine rings is 1. The third-order valence-corrected chi connectivity index (χ3v) is 6.53. The van der Waals surface area contributed by atoms with Crippen LogP contribution in [0.5, 0.6) is 0 Å². The average Bonchev–Trinajstić information content (AvgIpc) is 2.68. The van der Waals surface area contributed by atoms with Gasteiger partial charge in [0.25, 0.3) is 0 Å². The summed E-state index contributed by atoms with van der Waals surface area (Å²) in [6, 6.07) is 4.21. The van der Waals surface area contributed by atoms with Crippen LogP contribution in [0.4, 0.5) is 30.6 Å². The number of sulfonamides is 1. The molecular weight excluding hydrogens is 431 g/mol. The van der Waals surface area contributed by atoms with Crippen molar-refractivity contribution in [1.82, 2.24) is 14.7 Å². The van der Waals surface area contributed by atoms with Crippen molar-refractivity contribution in [3.63, 3.8) is 0 Å². The van der Waals surface area contributed by atoms with E-state index in [9.17, 15) is 21.6 Å². The lowest BCUT2D eigenvalue weighted by atomic mass is 10.1. The van der Waals surface area contributed by atoms with Crippen molar-refractivity contribution in [2.24, 2.45) is 0 Å². The molecule has 0 saturated carbocycles. The molecule has 2 N–H and O–H groups in total. The van der Waals surface area contributed by atoms with Crippen molar-refractivity contribution < 1.29 is 21.6 Å². The lowest BCUT2D eigenvalue weighted by Gasteiger charge is -2.30. The molecule has 0 radical (unpaired) electrons. The van der Waals surface area contributed by atoms with Gasteiger partial charge in [0.1, 0.15) is 11.4 Å². The van der Waals surface area contributed by atoms with Crippen molar-refractivity contribution in [2.45, 2.75) is 57.1 Å². The highest BCUT2D eigenvalue weighted by Crippen LogP contribution is 2.36. The normalized spacial score (nSPS) is 15.4. The summed E-state index contributed by atoms with van der Waals surface area (Å²) in [6.45, 7) is 6.17. The Balaban J connectivity index is 1.90. The van der Waals surface area contributed by atoms with Crippen LogP contribution in [-0.4, -0.2) is 37.5 Å². The fraction of sp³-hybridized carbons (Fsp3) is 0.500. The van der Waals surface area contributed by atoms with Gasteiger partial charge in [0, 0.05) is 31.0 Å². The summed E-state index contributed by atoms with van der Waals surface area (Å²) < 4.78 is 67.7. The molecule has 1 aromatic carbocycles. The molecule has 2 aromatic rings. The summed E-state index contributed by atoms with van der Waals surface area (Å²) in [4.78, 5) is 9.75. The molecule has 2 heterocycles. The largest absolute Gasteiger partial charge is 0.421 e. The molecular formula is C20H26F3N5O2S. The molecule has 1 saturated heterocycles. The minimum atomic E-state index is -4.55. The Hall–Kier alpha value is -2.40. The molecule has 0 spiro atoms. The Labute approximate surface area is 180 Å². The first-order chi connectivity index (χ1) is 14.5. The second kappa shape index (κ2) is 8.99. The third-order valence-electron chi connectivity index (χ3n) is 4.88. The molecule has 3 rings (SSSR count). The molecule has 170 valence electrons. The SMILES string of the molecule is Cc1cc(S(=O)(=O)NC(C)C)ccc1Nc1ncc(C(F)(F)F)c(N2CCCCC2)n1. The van der Waals surface area contributed by atoms with Crippen LogP contribution in [0.25, 0.3) is 0 Å². The number of rotatable bonds is 6. The number of benzene rings is 1.